The number of nitrogens with zero attached hydrogens (tertiary/aromatic N) is 3. The Morgan fingerprint density at radius 1 is 1.30 bits per heavy atom. The summed E-state index contributed by atoms with van der Waals surface area (Å²) in [7, 11) is 0. The average molecular weight is 272 g/mol. The second-order valence-electron chi connectivity index (χ2n) is 5.05. The topological polar surface area (TPSA) is 47.1 Å². The molecule has 1 unspecified atom stereocenters. The molecule has 0 saturated carbocycles. The van der Waals surface area contributed by atoms with E-state index >= 15 is 0 Å². The van der Waals surface area contributed by atoms with Crippen molar-refractivity contribution in [2.24, 2.45) is 5.73 Å². The van der Waals surface area contributed by atoms with Crippen molar-refractivity contribution in [2.75, 3.05) is 13.1 Å². The summed E-state index contributed by atoms with van der Waals surface area (Å²) in [6, 6.07) is 10.8. The molecule has 1 aromatic heterocycles. The Hall–Kier alpha value is -1.65. The van der Waals surface area contributed by atoms with Crippen molar-refractivity contribution in [3.63, 3.8) is 0 Å². The number of hydrogen-bond donors (Lipinski definition) is 1. The van der Waals surface area contributed by atoms with E-state index in [4.69, 9.17) is 5.73 Å². The molecule has 0 fully saturated rings. The zero-order chi connectivity index (χ0) is 14.4. The van der Waals surface area contributed by atoms with Crippen LogP contribution in [-0.4, -0.2) is 27.8 Å². The summed E-state index contributed by atoms with van der Waals surface area (Å²) in [6.07, 6.45) is 4.09. The predicted molar refractivity (Wildman–Crippen MR) is 82.2 cm³/mol. The van der Waals surface area contributed by atoms with E-state index in [0.29, 0.717) is 12.6 Å². The molecule has 108 valence electrons. The second kappa shape index (κ2) is 7.22. The summed E-state index contributed by atoms with van der Waals surface area (Å²) in [4.78, 5) is 2.40. The maximum Gasteiger partial charge on any atom is 0.0537 e. The number of nitrogens with two attached hydrogens (primary N) is 1. The molecule has 0 aliphatic carbocycles. The molecule has 1 atom stereocenters. The molecule has 0 amide bonds. The smallest absolute Gasteiger partial charge is 0.0537 e. The third-order valence-corrected chi connectivity index (χ3v) is 3.65. The van der Waals surface area contributed by atoms with Gasteiger partial charge in [0.1, 0.15) is 0 Å². The van der Waals surface area contributed by atoms with Crippen LogP contribution in [-0.2, 0) is 13.1 Å². The van der Waals surface area contributed by atoms with E-state index in [-0.39, 0.29) is 0 Å². The molecule has 4 heteroatoms. The van der Waals surface area contributed by atoms with Crippen molar-refractivity contribution < 1.29 is 0 Å². The normalized spacial score (nSPS) is 12.8. The van der Waals surface area contributed by atoms with Crippen LogP contribution in [0.4, 0.5) is 0 Å². The van der Waals surface area contributed by atoms with Crippen molar-refractivity contribution in [3.8, 4) is 0 Å². The lowest BCUT2D eigenvalue weighted by molar-refractivity contribution is 0.207. The Morgan fingerprint density at radius 3 is 2.65 bits per heavy atom. The molecule has 1 aromatic carbocycles. The minimum absolute atomic E-state index is 0.319. The summed E-state index contributed by atoms with van der Waals surface area (Å²) in [5.74, 6) is 0. The van der Waals surface area contributed by atoms with Gasteiger partial charge < -0.3 is 5.73 Å². The highest BCUT2D eigenvalue weighted by molar-refractivity contribution is 5.16. The van der Waals surface area contributed by atoms with Crippen molar-refractivity contribution in [3.05, 3.63) is 53.9 Å². The zero-order valence-electron chi connectivity index (χ0n) is 12.4. The fourth-order valence-corrected chi connectivity index (χ4v) is 2.37. The van der Waals surface area contributed by atoms with Gasteiger partial charge in [-0.25, -0.2) is 0 Å². The van der Waals surface area contributed by atoms with Crippen molar-refractivity contribution >= 4 is 0 Å². The van der Waals surface area contributed by atoms with E-state index in [0.717, 1.165) is 19.6 Å². The molecule has 0 aliphatic heterocycles. The molecular weight excluding hydrogens is 248 g/mol. The van der Waals surface area contributed by atoms with Crippen LogP contribution in [0, 0.1) is 0 Å². The monoisotopic (exact) mass is 272 g/mol. The fourth-order valence-electron chi connectivity index (χ4n) is 2.37. The molecule has 0 radical (unpaired) electrons. The third kappa shape index (κ3) is 3.68. The van der Waals surface area contributed by atoms with Crippen LogP contribution in [0.5, 0.6) is 0 Å². The van der Waals surface area contributed by atoms with Gasteiger partial charge in [-0.3, -0.25) is 9.58 Å². The van der Waals surface area contributed by atoms with Gasteiger partial charge in [0.15, 0.2) is 0 Å². The van der Waals surface area contributed by atoms with Crippen LogP contribution in [0.3, 0.4) is 0 Å². The van der Waals surface area contributed by atoms with E-state index in [1.165, 1.54) is 11.1 Å². The Kier molecular flexibility index (Phi) is 5.32. The quantitative estimate of drug-likeness (QED) is 0.842. The van der Waals surface area contributed by atoms with Gasteiger partial charge in [-0.05, 0) is 19.4 Å². The number of rotatable bonds is 7. The van der Waals surface area contributed by atoms with Crippen LogP contribution in [0.2, 0.25) is 0 Å². The molecule has 0 saturated heterocycles. The molecule has 2 aromatic rings. The van der Waals surface area contributed by atoms with Gasteiger partial charge in [0.25, 0.3) is 0 Å². The molecular formula is C16H24N4. The minimum atomic E-state index is 0.319. The Bertz CT molecular complexity index is 506. The van der Waals surface area contributed by atoms with Gasteiger partial charge in [-0.15, -0.1) is 0 Å². The van der Waals surface area contributed by atoms with Crippen LogP contribution >= 0.6 is 0 Å². The molecule has 2 rings (SSSR count). The first kappa shape index (κ1) is 14.8. The maximum atomic E-state index is 5.77. The van der Waals surface area contributed by atoms with Crippen molar-refractivity contribution in [1.29, 1.82) is 0 Å². The van der Waals surface area contributed by atoms with Crippen LogP contribution in [0.1, 0.15) is 31.0 Å². The lowest BCUT2D eigenvalue weighted by Gasteiger charge is -2.28. The number of aromatic nitrogens is 2. The van der Waals surface area contributed by atoms with Crippen LogP contribution in [0.25, 0.3) is 0 Å². The molecule has 20 heavy (non-hydrogen) atoms. The number of aryl methyl sites for hydroxylation is 1. The third-order valence-electron chi connectivity index (χ3n) is 3.65. The van der Waals surface area contributed by atoms with E-state index in [1.54, 1.807) is 0 Å². The summed E-state index contributed by atoms with van der Waals surface area (Å²) >= 11 is 0. The Balaban J connectivity index is 2.10. The Morgan fingerprint density at radius 2 is 2.05 bits per heavy atom. The van der Waals surface area contributed by atoms with E-state index < -0.39 is 0 Å². The average Bonchev–Trinajstić information content (AvgIpc) is 2.96. The summed E-state index contributed by atoms with van der Waals surface area (Å²) in [5, 5.41) is 4.36. The van der Waals surface area contributed by atoms with Gasteiger partial charge in [-0.1, -0.05) is 30.3 Å². The summed E-state index contributed by atoms with van der Waals surface area (Å²) in [6.45, 7) is 7.68. The largest absolute Gasteiger partial charge is 0.329 e. The standard InChI is InChI=1S/C16H24N4/c1-3-20-13-16(11-18-20)14(2)19(10-9-17)12-15-7-5-4-6-8-15/h4-8,11,13-14H,3,9-10,12,17H2,1-2H3. The van der Waals surface area contributed by atoms with Crippen LogP contribution in [0.15, 0.2) is 42.7 Å². The Labute approximate surface area is 121 Å². The molecule has 1 heterocycles. The highest BCUT2D eigenvalue weighted by Crippen LogP contribution is 2.21. The highest BCUT2D eigenvalue weighted by Gasteiger charge is 2.16. The molecule has 0 spiro atoms. The molecule has 4 nitrogen and oxygen atoms in total. The maximum absolute atomic E-state index is 5.77. The first-order chi connectivity index (χ1) is 9.74. The first-order valence-electron chi connectivity index (χ1n) is 7.25. The zero-order valence-corrected chi connectivity index (χ0v) is 12.4. The predicted octanol–water partition coefficient (Wildman–Crippen LogP) is 2.42. The molecule has 2 N–H and O–H groups in total. The lowest BCUT2D eigenvalue weighted by atomic mass is 10.1. The van der Waals surface area contributed by atoms with E-state index in [9.17, 15) is 0 Å². The SMILES string of the molecule is CCn1cc(C(C)N(CCN)Cc2ccccc2)cn1. The summed E-state index contributed by atoms with van der Waals surface area (Å²) < 4.78 is 1.97. The van der Waals surface area contributed by atoms with Crippen LogP contribution < -0.4 is 5.73 Å². The first-order valence-corrected chi connectivity index (χ1v) is 7.25. The molecule has 0 aliphatic rings. The van der Waals surface area contributed by atoms with Crippen molar-refractivity contribution in [2.45, 2.75) is 33.0 Å². The summed E-state index contributed by atoms with van der Waals surface area (Å²) in [5.41, 5.74) is 8.33. The van der Waals surface area contributed by atoms with Gasteiger partial charge in [0, 0.05) is 44.0 Å². The van der Waals surface area contributed by atoms with E-state index in [1.807, 2.05) is 16.9 Å². The van der Waals surface area contributed by atoms with Gasteiger partial charge in [0.05, 0.1) is 6.20 Å². The van der Waals surface area contributed by atoms with Gasteiger partial charge in [0.2, 0.25) is 0 Å². The second-order valence-corrected chi connectivity index (χ2v) is 5.05. The van der Waals surface area contributed by atoms with Gasteiger partial charge >= 0.3 is 0 Å². The number of hydrogen-bond acceptors (Lipinski definition) is 3. The molecule has 0 bridgehead atoms. The minimum Gasteiger partial charge on any atom is -0.329 e. The van der Waals surface area contributed by atoms with E-state index in [2.05, 4.69) is 54.3 Å². The fraction of sp³-hybridized carbons (Fsp3) is 0.438. The number of benzene rings is 1. The highest BCUT2D eigenvalue weighted by atomic mass is 15.3. The lowest BCUT2D eigenvalue weighted by Crippen LogP contribution is -2.31. The van der Waals surface area contributed by atoms with Crippen molar-refractivity contribution in [1.82, 2.24) is 14.7 Å². The van der Waals surface area contributed by atoms with Gasteiger partial charge in [-0.2, -0.15) is 5.10 Å².